The Kier molecular flexibility index (Phi) is 2.75. The van der Waals surface area contributed by atoms with Crippen LogP contribution in [-0.2, 0) is 0 Å². The Morgan fingerprint density at radius 3 is 2.74 bits per heavy atom. The average Bonchev–Trinajstić information content (AvgIpc) is 3.03. The molecule has 0 spiro atoms. The molecule has 0 saturated carbocycles. The van der Waals surface area contributed by atoms with Gasteiger partial charge >= 0.3 is 0 Å². The van der Waals surface area contributed by atoms with Crippen LogP contribution in [0.2, 0.25) is 0 Å². The summed E-state index contributed by atoms with van der Waals surface area (Å²) in [5.74, 6) is -1.95. The van der Waals surface area contributed by atoms with Crippen molar-refractivity contribution in [3.05, 3.63) is 47.2 Å². The average molecular weight is 314 g/mol. The van der Waals surface area contributed by atoms with Crippen molar-refractivity contribution in [2.75, 3.05) is 7.05 Å². The molecule has 5 nitrogen and oxygen atoms in total. The van der Waals surface area contributed by atoms with Gasteiger partial charge in [0.15, 0.2) is 11.6 Å². The van der Waals surface area contributed by atoms with E-state index in [-0.39, 0.29) is 11.9 Å². The number of pyridine rings is 1. The summed E-state index contributed by atoms with van der Waals surface area (Å²) >= 11 is 0. The molecule has 4 rings (SSSR count). The lowest BCUT2D eigenvalue weighted by molar-refractivity contribution is 0.0783. The van der Waals surface area contributed by atoms with E-state index in [1.54, 1.807) is 24.1 Å². The zero-order valence-corrected chi connectivity index (χ0v) is 12.4. The van der Waals surface area contributed by atoms with Crippen LogP contribution in [-0.4, -0.2) is 33.0 Å². The van der Waals surface area contributed by atoms with E-state index in [1.807, 2.05) is 6.92 Å². The number of rotatable bonds is 1. The summed E-state index contributed by atoms with van der Waals surface area (Å²) in [5, 5.41) is 7.24. The van der Waals surface area contributed by atoms with Crippen molar-refractivity contribution < 1.29 is 13.6 Å². The maximum Gasteiger partial charge on any atom is 0.256 e. The number of aromatic nitrogens is 3. The standard InChI is InChI=1S/C16H12F2N4O/c1-7-14-8(16(23)22(7)2)3-4-12(19-14)15-9-5-10(17)11(18)6-13(9)20-21-15/h3-7H,1-2H3,(H,20,21). The summed E-state index contributed by atoms with van der Waals surface area (Å²) in [6, 6.07) is 5.38. The predicted octanol–water partition coefficient (Wildman–Crippen LogP) is 3.05. The molecule has 2 aromatic heterocycles. The van der Waals surface area contributed by atoms with E-state index >= 15 is 0 Å². The highest BCUT2D eigenvalue weighted by Crippen LogP contribution is 2.33. The number of benzene rings is 1. The van der Waals surface area contributed by atoms with Gasteiger partial charge in [-0.05, 0) is 25.1 Å². The first-order chi connectivity index (χ1) is 11.0. The minimum Gasteiger partial charge on any atom is -0.333 e. The van der Waals surface area contributed by atoms with Gasteiger partial charge in [0.2, 0.25) is 0 Å². The second-order valence-electron chi connectivity index (χ2n) is 5.61. The van der Waals surface area contributed by atoms with Crippen LogP contribution in [0.5, 0.6) is 0 Å². The number of hydrogen-bond acceptors (Lipinski definition) is 3. The fourth-order valence-electron chi connectivity index (χ4n) is 2.86. The number of H-pyrrole nitrogens is 1. The van der Waals surface area contributed by atoms with E-state index < -0.39 is 11.6 Å². The van der Waals surface area contributed by atoms with Crippen LogP contribution in [0.15, 0.2) is 24.3 Å². The summed E-state index contributed by atoms with van der Waals surface area (Å²) in [4.78, 5) is 18.2. The normalized spacial score (nSPS) is 17.1. The second-order valence-corrected chi connectivity index (χ2v) is 5.61. The zero-order chi connectivity index (χ0) is 16.3. The van der Waals surface area contributed by atoms with Gasteiger partial charge in [0.25, 0.3) is 5.91 Å². The predicted molar refractivity (Wildman–Crippen MR) is 79.7 cm³/mol. The minimum atomic E-state index is -0.940. The lowest BCUT2D eigenvalue weighted by atomic mass is 10.1. The van der Waals surface area contributed by atoms with Crippen LogP contribution in [0.25, 0.3) is 22.3 Å². The van der Waals surface area contributed by atoms with Gasteiger partial charge in [-0.15, -0.1) is 0 Å². The molecule has 1 N–H and O–H groups in total. The molecule has 1 unspecified atom stereocenters. The first-order valence-electron chi connectivity index (χ1n) is 7.09. The Bertz CT molecular complexity index is 966. The van der Waals surface area contributed by atoms with Gasteiger partial charge < -0.3 is 4.90 Å². The molecular weight excluding hydrogens is 302 g/mol. The lowest BCUT2D eigenvalue weighted by Gasteiger charge is -2.14. The smallest absolute Gasteiger partial charge is 0.256 e. The number of fused-ring (bicyclic) bond motifs is 2. The Hall–Kier alpha value is -2.83. The molecule has 0 saturated heterocycles. The summed E-state index contributed by atoms with van der Waals surface area (Å²) in [6.07, 6.45) is 0. The van der Waals surface area contributed by atoms with Crippen molar-refractivity contribution in [1.29, 1.82) is 0 Å². The topological polar surface area (TPSA) is 61.9 Å². The number of amides is 1. The molecule has 1 amide bonds. The van der Waals surface area contributed by atoms with Gasteiger partial charge in [-0.25, -0.2) is 13.8 Å². The van der Waals surface area contributed by atoms with Gasteiger partial charge in [-0.3, -0.25) is 9.89 Å². The molecule has 3 aromatic rings. The number of halogens is 2. The van der Waals surface area contributed by atoms with E-state index in [9.17, 15) is 13.6 Å². The lowest BCUT2D eigenvalue weighted by Crippen LogP contribution is -2.20. The van der Waals surface area contributed by atoms with Crippen LogP contribution in [0.1, 0.15) is 29.0 Å². The van der Waals surface area contributed by atoms with Crippen molar-refractivity contribution in [3.63, 3.8) is 0 Å². The van der Waals surface area contributed by atoms with Crippen LogP contribution >= 0.6 is 0 Å². The minimum absolute atomic E-state index is 0.0773. The first kappa shape index (κ1) is 13.8. The Morgan fingerprint density at radius 2 is 1.96 bits per heavy atom. The highest BCUT2D eigenvalue weighted by Gasteiger charge is 2.33. The van der Waals surface area contributed by atoms with E-state index in [0.717, 1.165) is 12.1 Å². The third-order valence-electron chi connectivity index (χ3n) is 4.30. The van der Waals surface area contributed by atoms with Crippen molar-refractivity contribution >= 4 is 16.8 Å². The Morgan fingerprint density at radius 1 is 1.22 bits per heavy atom. The summed E-state index contributed by atoms with van der Waals surface area (Å²) < 4.78 is 26.8. The third kappa shape index (κ3) is 1.86. The highest BCUT2D eigenvalue weighted by atomic mass is 19.2. The van der Waals surface area contributed by atoms with Crippen molar-refractivity contribution in [2.45, 2.75) is 13.0 Å². The molecule has 1 aliphatic rings. The van der Waals surface area contributed by atoms with Crippen molar-refractivity contribution in [1.82, 2.24) is 20.1 Å². The van der Waals surface area contributed by atoms with Crippen LogP contribution < -0.4 is 0 Å². The maximum absolute atomic E-state index is 13.5. The van der Waals surface area contributed by atoms with Crippen molar-refractivity contribution in [2.24, 2.45) is 0 Å². The molecule has 1 atom stereocenters. The second kappa shape index (κ2) is 4.58. The molecule has 0 radical (unpaired) electrons. The third-order valence-corrected chi connectivity index (χ3v) is 4.30. The van der Waals surface area contributed by atoms with Gasteiger partial charge in [0, 0.05) is 18.5 Å². The molecule has 3 heterocycles. The molecule has 0 bridgehead atoms. The SMILES string of the molecule is CC1c2nc(-c3n[nH]c4cc(F)c(F)cc34)ccc2C(=O)N1C. The fourth-order valence-corrected chi connectivity index (χ4v) is 2.86. The van der Waals surface area contributed by atoms with Gasteiger partial charge in [0.05, 0.1) is 28.5 Å². The first-order valence-corrected chi connectivity index (χ1v) is 7.09. The van der Waals surface area contributed by atoms with Gasteiger partial charge in [-0.1, -0.05) is 0 Å². The summed E-state index contributed by atoms with van der Waals surface area (Å²) in [7, 11) is 1.72. The number of nitrogens with one attached hydrogen (secondary N) is 1. The van der Waals surface area contributed by atoms with Crippen LogP contribution in [0.3, 0.4) is 0 Å². The number of carbonyl (C=O) groups excluding carboxylic acids is 1. The molecule has 23 heavy (non-hydrogen) atoms. The monoisotopic (exact) mass is 314 g/mol. The zero-order valence-electron chi connectivity index (χ0n) is 12.4. The van der Waals surface area contributed by atoms with E-state index in [0.29, 0.717) is 33.5 Å². The molecule has 116 valence electrons. The largest absolute Gasteiger partial charge is 0.333 e. The van der Waals surface area contributed by atoms with Crippen molar-refractivity contribution in [3.8, 4) is 11.4 Å². The molecule has 0 fully saturated rings. The summed E-state index contributed by atoms with van der Waals surface area (Å²) in [6.45, 7) is 1.89. The van der Waals surface area contributed by atoms with Gasteiger partial charge in [-0.2, -0.15) is 5.10 Å². The molecule has 1 aromatic carbocycles. The van der Waals surface area contributed by atoms with E-state index in [2.05, 4.69) is 15.2 Å². The van der Waals surface area contributed by atoms with E-state index in [4.69, 9.17) is 0 Å². The highest BCUT2D eigenvalue weighted by molar-refractivity contribution is 5.99. The number of carbonyl (C=O) groups is 1. The maximum atomic E-state index is 13.5. The Balaban J connectivity index is 1.90. The number of hydrogen-bond donors (Lipinski definition) is 1. The number of nitrogens with zero attached hydrogens (tertiary/aromatic N) is 3. The molecule has 7 heteroatoms. The number of aromatic amines is 1. The molecule has 1 aliphatic heterocycles. The summed E-state index contributed by atoms with van der Waals surface area (Å²) in [5.41, 5.74) is 2.55. The molecular formula is C16H12F2N4O. The Labute approximate surface area is 129 Å². The fraction of sp³-hybridized carbons (Fsp3) is 0.188. The van der Waals surface area contributed by atoms with Crippen LogP contribution in [0, 0.1) is 11.6 Å². The van der Waals surface area contributed by atoms with Crippen LogP contribution in [0.4, 0.5) is 8.78 Å². The quantitative estimate of drug-likeness (QED) is 0.751. The van der Waals surface area contributed by atoms with E-state index in [1.165, 1.54) is 0 Å². The molecule has 0 aliphatic carbocycles. The van der Waals surface area contributed by atoms with Gasteiger partial charge in [0.1, 0.15) is 5.69 Å².